The van der Waals surface area contributed by atoms with Gasteiger partial charge in [0.25, 0.3) is 0 Å². The molecule has 6 heteroatoms. The van der Waals surface area contributed by atoms with Crippen LogP contribution in [0.3, 0.4) is 0 Å². The van der Waals surface area contributed by atoms with Gasteiger partial charge in [-0.25, -0.2) is 0 Å². The Hall–Kier alpha value is -3.90. The fraction of sp³-hybridized carbons (Fsp3) is 0.172. The maximum atomic E-state index is 13.7. The predicted octanol–water partition coefficient (Wildman–Crippen LogP) is 5.39. The Morgan fingerprint density at radius 2 is 1.54 bits per heavy atom. The summed E-state index contributed by atoms with van der Waals surface area (Å²) < 4.78 is 5.22. The maximum absolute atomic E-state index is 13.7. The lowest BCUT2D eigenvalue weighted by Crippen LogP contribution is -2.43. The Kier molecular flexibility index (Phi) is 8.30. The molecule has 1 atom stereocenters. The minimum atomic E-state index is -0.762. The van der Waals surface area contributed by atoms with Gasteiger partial charge in [0.05, 0.1) is 13.5 Å². The topological polar surface area (TPSA) is 58.6 Å². The SMILES string of the molecule is COc1ccc(CNC(=O)[C@@H](c2ccccc2)N(Cc2ccccc2)C(=O)Cc2cccs2)cc1. The molecule has 3 aromatic carbocycles. The monoisotopic (exact) mass is 484 g/mol. The second-order valence-electron chi connectivity index (χ2n) is 8.14. The van der Waals surface area contributed by atoms with Crippen LogP contribution in [-0.2, 0) is 29.1 Å². The number of hydrogen-bond acceptors (Lipinski definition) is 4. The van der Waals surface area contributed by atoms with E-state index in [4.69, 9.17) is 4.74 Å². The first-order valence-electron chi connectivity index (χ1n) is 11.5. The minimum absolute atomic E-state index is 0.0928. The smallest absolute Gasteiger partial charge is 0.247 e. The van der Waals surface area contributed by atoms with E-state index in [0.29, 0.717) is 13.1 Å². The Morgan fingerprint density at radius 1 is 0.857 bits per heavy atom. The number of amides is 2. The molecule has 0 bridgehead atoms. The molecule has 0 aliphatic rings. The number of methoxy groups -OCH3 is 1. The summed E-state index contributed by atoms with van der Waals surface area (Å²) in [5.74, 6) is 0.447. The molecule has 0 aliphatic carbocycles. The van der Waals surface area contributed by atoms with Gasteiger partial charge >= 0.3 is 0 Å². The molecule has 1 heterocycles. The summed E-state index contributed by atoms with van der Waals surface area (Å²) in [7, 11) is 1.62. The highest BCUT2D eigenvalue weighted by atomic mass is 32.1. The predicted molar refractivity (Wildman–Crippen MR) is 139 cm³/mol. The van der Waals surface area contributed by atoms with Crippen molar-refractivity contribution in [1.29, 1.82) is 0 Å². The zero-order valence-electron chi connectivity index (χ0n) is 19.6. The quantitative estimate of drug-likeness (QED) is 0.329. The van der Waals surface area contributed by atoms with Crippen molar-refractivity contribution in [3.8, 4) is 5.75 Å². The molecular weight excluding hydrogens is 456 g/mol. The zero-order valence-corrected chi connectivity index (χ0v) is 20.4. The summed E-state index contributed by atoms with van der Waals surface area (Å²) in [5, 5.41) is 5.00. The lowest BCUT2D eigenvalue weighted by molar-refractivity contribution is -0.141. The molecule has 0 saturated heterocycles. The summed E-state index contributed by atoms with van der Waals surface area (Å²) in [5.41, 5.74) is 2.69. The van der Waals surface area contributed by atoms with Crippen LogP contribution in [0.25, 0.3) is 0 Å². The summed E-state index contributed by atoms with van der Waals surface area (Å²) in [6, 6.07) is 29.9. The van der Waals surface area contributed by atoms with E-state index in [-0.39, 0.29) is 18.2 Å². The van der Waals surface area contributed by atoms with Crippen molar-refractivity contribution in [3.05, 3.63) is 124 Å². The maximum Gasteiger partial charge on any atom is 0.247 e. The fourth-order valence-corrected chi connectivity index (χ4v) is 4.60. The third-order valence-corrected chi connectivity index (χ3v) is 6.60. The van der Waals surface area contributed by atoms with E-state index in [9.17, 15) is 9.59 Å². The molecule has 178 valence electrons. The largest absolute Gasteiger partial charge is 0.497 e. The molecular formula is C29H28N2O3S. The Labute approximate surface area is 210 Å². The standard InChI is InChI=1S/C29H28N2O3S/c1-34-25-16-14-22(15-17-25)20-30-29(33)28(24-11-6-3-7-12-24)31(21-23-9-4-2-5-10-23)27(32)19-26-13-8-18-35-26/h2-18,28H,19-21H2,1H3,(H,30,33)/t28-/m1/s1. The number of nitrogens with zero attached hydrogens (tertiary/aromatic N) is 1. The number of ether oxygens (including phenoxy) is 1. The highest BCUT2D eigenvalue weighted by molar-refractivity contribution is 7.10. The molecule has 0 fully saturated rings. The zero-order chi connectivity index (χ0) is 24.5. The number of carbonyl (C=O) groups excluding carboxylic acids is 2. The van der Waals surface area contributed by atoms with Gasteiger partial charge in [0, 0.05) is 18.0 Å². The first-order valence-corrected chi connectivity index (χ1v) is 12.3. The summed E-state index contributed by atoms with van der Waals surface area (Å²) in [6.07, 6.45) is 0.250. The van der Waals surface area contributed by atoms with E-state index < -0.39 is 6.04 Å². The molecule has 0 radical (unpaired) electrons. The first-order chi connectivity index (χ1) is 17.1. The number of nitrogens with one attached hydrogen (secondary N) is 1. The van der Waals surface area contributed by atoms with Gasteiger partial charge in [-0.2, -0.15) is 0 Å². The van der Waals surface area contributed by atoms with Crippen LogP contribution in [0.2, 0.25) is 0 Å². The second kappa shape index (κ2) is 12.0. The van der Waals surface area contributed by atoms with Crippen LogP contribution in [0.15, 0.2) is 102 Å². The third kappa shape index (κ3) is 6.58. The molecule has 0 spiro atoms. The van der Waals surface area contributed by atoms with Gasteiger partial charge < -0.3 is 15.0 Å². The van der Waals surface area contributed by atoms with Gasteiger partial charge in [0.1, 0.15) is 11.8 Å². The highest BCUT2D eigenvalue weighted by Gasteiger charge is 2.31. The van der Waals surface area contributed by atoms with Gasteiger partial charge in [-0.05, 0) is 40.3 Å². The van der Waals surface area contributed by atoms with Crippen molar-refractivity contribution in [2.75, 3.05) is 7.11 Å². The second-order valence-corrected chi connectivity index (χ2v) is 9.17. The van der Waals surface area contributed by atoms with Crippen LogP contribution >= 0.6 is 11.3 Å². The fourth-order valence-electron chi connectivity index (χ4n) is 3.90. The van der Waals surface area contributed by atoms with Gasteiger partial charge in [-0.15, -0.1) is 11.3 Å². The molecule has 2 amide bonds. The lowest BCUT2D eigenvalue weighted by atomic mass is 10.0. The van der Waals surface area contributed by atoms with Crippen molar-refractivity contribution in [2.45, 2.75) is 25.6 Å². The third-order valence-electron chi connectivity index (χ3n) is 5.72. The summed E-state index contributed by atoms with van der Waals surface area (Å²) >= 11 is 1.54. The Morgan fingerprint density at radius 3 is 2.17 bits per heavy atom. The van der Waals surface area contributed by atoms with Crippen LogP contribution < -0.4 is 10.1 Å². The Balaban J connectivity index is 1.62. The number of hydrogen-bond donors (Lipinski definition) is 1. The minimum Gasteiger partial charge on any atom is -0.497 e. The molecule has 0 unspecified atom stereocenters. The number of benzene rings is 3. The lowest BCUT2D eigenvalue weighted by Gasteiger charge is -2.31. The van der Waals surface area contributed by atoms with Crippen molar-refractivity contribution < 1.29 is 14.3 Å². The average Bonchev–Trinajstić information content (AvgIpc) is 3.41. The molecule has 4 aromatic rings. The normalized spacial score (nSPS) is 11.5. The molecule has 0 aliphatic heterocycles. The number of rotatable bonds is 10. The molecule has 5 nitrogen and oxygen atoms in total. The van der Waals surface area contributed by atoms with Crippen molar-refractivity contribution in [1.82, 2.24) is 10.2 Å². The van der Waals surface area contributed by atoms with Crippen LogP contribution in [0.1, 0.15) is 27.6 Å². The van der Waals surface area contributed by atoms with Crippen molar-refractivity contribution in [3.63, 3.8) is 0 Å². The highest BCUT2D eigenvalue weighted by Crippen LogP contribution is 2.26. The number of carbonyl (C=O) groups is 2. The average molecular weight is 485 g/mol. The molecule has 1 N–H and O–H groups in total. The van der Waals surface area contributed by atoms with E-state index in [1.807, 2.05) is 102 Å². The van der Waals surface area contributed by atoms with E-state index in [0.717, 1.165) is 27.3 Å². The van der Waals surface area contributed by atoms with Gasteiger partial charge in [-0.1, -0.05) is 78.9 Å². The molecule has 4 rings (SSSR count). The molecule has 35 heavy (non-hydrogen) atoms. The van der Waals surface area contributed by atoms with Crippen LogP contribution in [0.5, 0.6) is 5.75 Å². The number of thiophene rings is 1. The van der Waals surface area contributed by atoms with E-state index in [1.54, 1.807) is 23.3 Å². The van der Waals surface area contributed by atoms with Gasteiger partial charge in [0.15, 0.2) is 0 Å². The molecule has 0 saturated carbocycles. The van der Waals surface area contributed by atoms with Crippen LogP contribution in [0.4, 0.5) is 0 Å². The van der Waals surface area contributed by atoms with E-state index in [2.05, 4.69) is 5.32 Å². The van der Waals surface area contributed by atoms with Crippen molar-refractivity contribution >= 4 is 23.2 Å². The summed E-state index contributed by atoms with van der Waals surface area (Å²) in [6.45, 7) is 0.686. The summed E-state index contributed by atoms with van der Waals surface area (Å²) in [4.78, 5) is 29.9. The van der Waals surface area contributed by atoms with Gasteiger partial charge in [0.2, 0.25) is 11.8 Å². The van der Waals surface area contributed by atoms with Gasteiger partial charge in [-0.3, -0.25) is 9.59 Å². The van der Waals surface area contributed by atoms with Crippen LogP contribution in [-0.4, -0.2) is 23.8 Å². The molecule has 1 aromatic heterocycles. The van der Waals surface area contributed by atoms with E-state index >= 15 is 0 Å². The Bertz CT molecular complexity index is 1210. The van der Waals surface area contributed by atoms with E-state index in [1.165, 1.54) is 0 Å². The van der Waals surface area contributed by atoms with Crippen LogP contribution in [0, 0.1) is 0 Å². The first kappa shape index (κ1) is 24.2. The van der Waals surface area contributed by atoms with Crippen molar-refractivity contribution in [2.24, 2.45) is 0 Å².